The van der Waals surface area contributed by atoms with Crippen LogP contribution < -0.4 is 25.5 Å². The molecule has 9 heteroatoms. The van der Waals surface area contributed by atoms with Crippen molar-refractivity contribution < 1.29 is 23.9 Å². The lowest BCUT2D eigenvalue weighted by Crippen LogP contribution is -2.32. The Bertz CT molecular complexity index is 1250. The minimum absolute atomic E-state index is 0.139. The molecule has 0 aliphatic carbocycles. The molecule has 0 fully saturated rings. The van der Waals surface area contributed by atoms with E-state index < -0.39 is 11.8 Å². The maximum atomic E-state index is 12.2. The number of nitrogens with zero attached hydrogens (tertiary/aromatic N) is 1. The third-order valence-corrected chi connectivity index (χ3v) is 5.22. The number of nitrogens with one attached hydrogen (secondary N) is 3. The van der Waals surface area contributed by atoms with Crippen molar-refractivity contribution in [1.29, 1.82) is 0 Å². The molecule has 0 spiro atoms. The molecule has 198 valence electrons. The van der Waals surface area contributed by atoms with E-state index >= 15 is 0 Å². The van der Waals surface area contributed by atoms with Crippen LogP contribution in [0.3, 0.4) is 0 Å². The highest BCUT2D eigenvalue weighted by atomic mass is 16.5. The Morgan fingerprint density at radius 1 is 0.789 bits per heavy atom. The summed E-state index contributed by atoms with van der Waals surface area (Å²) in [5.74, 6) is -0.813. The number of aryl methyl sites for hydroxylation is 2. The molecule has 0 aliphatic rings. The van der Waals surface area contributed by atoms with E-state index in [4.69, 9.17) is 9.47 Å². The molecule has 0 saturated carbocycles. The minimum atomic E-state index is -0.903. The molecule has 0 bridgehead atoms. The van der Waals surface area contributed by atoms with Crippen molar-refractivity contribution in [3.05, 3.63) is 83.4 Å². The van der Waals surface area contributed by atoms with Gasteiger partial charge in [-0.15, -0.1) is 0 Å². The summed E-state index contributed by atoms with van der Waals surface area (Å²) in [7, 11) is 0. The summed E-state index contributed by atoms with van der Waals surface area (Å²) in [4.78, 5) is 36.3. The summed E-state index contributed by atoms with van der Waals surface area (Å²) in [6.07, 6.45) is 3.40. The van der Waals surface area contributed by atoms with E-state index in [0.29, 0.717) is 29.4 Å². The van der Waals surface area contributed by atoms with Gasteiger partial charge in [0.25, 0.3) is 5.91 Å². The first-order valence-electron chi connectivity index (χ1n) is 12.3. The van der Waals surface area contributed by atoms with Gasteiger partial charge < -0.3 is 20.1 Å². The Morgan fingerprint density at radius 2 is 1.42 bits per heavy atom. The fourth-order valence-electron chi connectivity index (χ4n) is 3.42. The number of carbonyl (C=O) groups excluding carboxylic acids is 3. The minimum Gasteiger partial charge on any atom is -0.494 e. The summed E-state index contributed by atoms with van der Waals surface area (Å²) in [5, 5.41) is 9.14. The molecule has 3 amide bonds. The second kappa shape index (κ2) is 14.2. The molecule has 0 atom stereocenters. The first kappa shape index (κ1) is 27.9. The molecule has 0 radical (unpaired) electrons. The highest BCUT2D eigenvalue weighted by Crippen LogP contribution is 2.16. The summed E-state index contributed by atoms with van der Waals surface area (Å²) >= 11 is 0. The number of carbonyl (C=O) groups is 3. The fraction of sp³-hybridized carbons (Fsp3) is 0.241. The third kappa shape index (κ3) is 9.42. The van der Waals surface area contributed by atoms with Gasteiger partial charge in [0.15, 0.2) is 6.61 Å². The average molecular weight is 517 g/mol. The van der Waals surface area contributed by atoms with Crippen molar-refractivity contribution in [2.45, 2.75) is 33.6 Å². The van der Waals surface area contributed by atoms with Gasteiger partial charge in [0.1, 0.15) is 11.5 Å². The monoisotopic (exact) mass is 516 g/mol. The van der Waals surface area contributed by atoms with Crippen LogP contribution in [0.15, 0.2) is 71.8 Å². The lowest BCUT2D eigenvalue weighted by molar-refractivity contribution is -0.136. The second-order valence-corrected chi connectivity index (χ2v) is 8.66. The summed E-state index contributed by atoms with van der Waals surface area (Å²) < 4.78 is 11.1. The lowest BCUT2D eigenvalue weighted by Gasteiger charge is -2.09. The maximum Gasteiger partial charge on any atom is 0.329 e. The zero-order chi connectivity index (χ0) is 27.3. The second-order valence-electron chi connectivity index (χ2n) is 8.66. The van der Waals surface area contributed by atoms with E-state index in [1.165, 1.54) is 6.21 Å². The Balaban J connectivity index is 1.40. The van der Waals surface area contributed by atoms with Crippen molar-refractivity contribution >= 4 is 35.3 Å². The van der Waals surface area contributed by atoms with Crippen molar-refractivity contribution in [3.63, 3.8) is 0 Å². The van der Waals surface area contributed by atoms with Gasteiger partial charge in [0.05, 0.1) is 12.8 Å². The van der Waals surface area contributed by atoms with E-state index in [-0.39, 0.29) is 12.5 Å². The fourth-order valence-corrected chi connectivity index (χ4v) is 3.42. The largest absolute Gasteiger partial charge is 0.494 e. The first-order valence-corrected chi connectivity index (χ1v) is 12.3. The van der Waals surface area contributed by atoms with E-state index in [1.54, 1.807) is 48.5 Å². The molecule has 3 aromatic rings. The zero-order valence-electron chi connectivity index (χ0n) is 21.7. The Hall–Kier alpha value is -4.66. The number of benzene rings is 3. The van der Waals surface area contributed by atoms with Gasteiger partial charge >= 0.3 is 11.8 Å². The summed E-state index contributed by atoms with van der Waals surface area (Å²) in [5.41, 5.74) is 6.18. The van der Waals surface area contributed by atoms with Gasteiger partial charge in [-0.3, -0.25) is 14.4 Å². The third-order valence-electron chi connectivity index (χ3n) is 5.22. The molecule has 0 aliphatic heterocycles. The highest BCUT2D eigenvalue weighted by Gasteiger charge is 2.13. The smallest absolute Gasteiger partial charge is 0.329 e. The Morgan fingerprint density at radius 3 is 2.08 bits per heavy atom. The quantitative estimate of drug-likeness (QED) is 0.149. The maximum absolute atomic E-state index is 12.2. The molecule has 3 N–H and O–H groups in total. The van der Waals surface area contributed by atoms with Gasteiger partial charge in [-0.25, -0.2) is 5.43 Å². The molecule has 38 heavy (non-hydrogen) atoms. The van der Waals surface area contributed by atoms with Crippen LogP contribution in [0.25, 0.3) is 0 Å². The molecule has 0 unspecified atom stereocenters. The Labute approximate surface area is 222 Å². The van der Waals surface area contributed by atoms with Crippen LogP contribution in [-0.4, -0.2) is 37.1 Å². The van der Waals surface area contributed by atoms with E-state index in [2.05, 4.69) is 28.1 Å². The van der Waals surface area contributed by atoms with Crippen LogP contribution in [0.2, 0.25) is 0 Å². The SMILES string of the molecule is CCCCOc1ccc(NC(=O)C(=O)N/N=C\c2ccc(OCC(=O)Nc3cc(C)cc(C)c3)cc2)cc1. The predicted octanol–water partition coefficient (Wildman–Crippen LogP) is 4.59. The van der Waals surface area contributed by atoms with Crippen molar-refractivity contribution in [2.24, 2.45) is 5.10 Å². The van der Waals surface area contributed by atoms with Crippen molar-refractivity contribution in [1.82, 2.24) is 5.43 Å². The summed E-state index contributed by atoms with van der Waals surface area (Å²) in [6, 6.07) is 19.4. The molecule has 0 heterocycles. The van der Waals surface area contributed by atoms with Gasteiger partial charge in [-0.1, -0.05) is 19.4 Å². The van der Waals surface area contributed by atoms with E-state index in [0.717, 1.165) is 29.7 Å². The predicted molar refractivity (Wildman–Crippen MR) is 148 cm³/mol. The molecule has 0 saturated heterocycles. The topological polar surface area (TPSA) is 118 Å². The van der Waals surface area contributed by atoms with Crippen LogP contribution in [0, 0.1) is 13.8 Å². The standard InChI is InChI=1S/C29H32N4O5/c1-4-5-14-37-25-12-8-23(9-13-25)32-28(35)29(36)33-30-18-22-6-10-26(11-7-22)38-19-27(34)31-24-16-20(2)15-21(3)17-24/h6-13,15-18H,4-5,14,19H2,1-3H3,(H,31,34)(H,32,35)(H,33,36)/b30-18-. The lowest BCUT2D eigenvalue weighted by atomic mass is 10.1. The number of hydrazone groups is 1. The number of anilines is 2. The van der Waals surface area contributed by atoms with Gasteiger partial charge in [-0.2, -0.15) is 5.10 Å². The Kier molecular flexibility index (Phi) is 10.4. The molecular weight excluding hydrogens is 484 g/mol. The molecule has 3 aromatic carbocycles. The number of ether oxygens (including phenoxy) is 2. The van der Waals surface area contributed by atoms with E-state index in [9.17, 15) is 14.4 Å². The van der Waals surface area contributed by atoms with Gasteiger partial charge in [0, 0.05) is 11.4 Å². The van der Waals surface area contributed by atoms with Crippen molar-refractivity contribution in [3.8, 4) is 11.5 Å². The molecular formula is C29H32N4O5. The first-order chi connectivity index (χ1) is 18.3. The van der Waals surface area contributed by atoms with E-state index in [1.807, 2.05) is 32.0 Å². The number of rotatable bonds is 11. The number of amides is 3. The number of hydrogen-bond donors (Lipinski definition) is 3. The highest BCUT2D eigenvalue weighted by molar-refractivity contribution is 6.39. The normalized spacial score (nSPS) is 10.6. The van der Waals surface area contributed by atoms with Crippen LogP contribution in [0.1, 0.15) is 36.5 Å². The van der Waals surface area contributed by atoms with Gasteiger partial charge in [0.2, 0.25) is 0 Å². The number of unbranched alkanes of at least 4 members (excludes halogenated alkanes) is 1. The van der Waals surface area contributed by atoms with Crippen LogP contribution in [0.5, 0.6) is 11.5 Å². The van der Waals surface area contributed by atoms with Crippen LogP contribution >= 0.6 is 0 Å². The zero-order valence-corrected chi connectivity index (χ0v) is 21.7. The number of hydrogen-bond acceptors (Lipinski definition) is 6. The van der Waals surface area contributed by atoms with Gasteiger partial charge in [-0.05, 0) is 97.6 Å². The van der Waals surface area contributed by atoms with Crippen LogP contribution in [0.4, 0.5) is 11.4 Å². The van der Waals surface area contributed by atoms with Crippen LogP contribution in [-0.2, 0) is 14.4 Å². The molecule has 0 aromatic heterocycles. The average Bonchev–Trinajstić information content (AvgIpc) is 2.88. The molecule has 3 rings (SSSR count). The summed E-state index contributed by atoms with van der Waals surface area (Å²) in [6.45, 7) is 6.51. The van der Waals surface area contributed by atoms with Crippen molar-refractivity contribution in [2.75, 3.05) is 23.8 Å². The molecule has 9 nitrogen and oxygen atoms in total.